The molecule has 0 spiro atoms. The van der Waals surface area contributed by atoms with Crippen LogP contribution < -0.4 is 4.90 Å². The molecule has 4 heteroatoms. The summed E-state index contributed by atoms with van der Waals surface area (Å²) in [6.45, 7) is 0.705. The number of rotatable bonds is 1. The van der Waals surface area contributed by atoms with Crippen molar-refractivity contribution in [3.63, 3.8) is 0 Å². The fourth-order valence-electron chi connectivity index (χ4n) is 2.23. The predicted molar refractivity (Wildman–Crippen MR) is 71.1 cm³/mol. The van der Waals surface area contributed by atoms with E-state index in [0.29, 0.717) is 17.1 Å². The summed E-state index contributed by atoms with van der Waals surface area (Å²) in [6.07, 6.45) is 4.12. The highest BCUT2D eigenvalue weighted by Crippen LogP contribution is 2.31. The zero-order chi connectivity index (χ0) is 12.5. The second-order valence-corrected chi connectivity index (χ2v) is 4.65. The lowest BCUT2D eigenvalue weighted by Crippen LogP contribution is -2.28. The summed E-state index contributed by atoms with van der Waals surface area (Å²) in [5.41, 5.74) is 2.75. The van der Waals surface area contributed by atoms with Crippen LogP contribution >= 0.6 is 11.6 Å². The Labute approximate surface area is 110 Å². The molecule has 1 aromatic heterocycles. The number of pyridine rings is 1. The summed E-state index contributed by atoms with van der Waals surface area (Å²) >= 11 is 5.96. The Morgan fingerprint density at radius 1 is 1.22 bits per heavy atom. The van der Waals surface area contributed by atoms with Gasteiger partial charge < -0.3 is 4.90 Å². The van der Waals surface area contributed by atoms with Crippen molar-refractivity contribution < 1.29 is 4.79 Å². The molecule has 0 radical (unpaired) electrons. The van der Waals surface area contributed by atoms with Crippen molar-refractivity contribution in [2.45, 2.75) is 6.42 Å². The second kappa shape index (κ2) is 4.42. The van der Waals surface area contributed by atoms with E-state index < -0.39 is 0 Å². The first-order valence-corrected chi connectivity index (χ1v) is 6.14. The van der Waals surface area contributed by atoms with Crippen molar-refractivity contribution in [2.24, 2.45) is 0 Å². The minimum absolute atomic E-state index is 0.0125. The first-order valence-electron chi connectivity index (χ1n) is 5.76. The van der Waals surface area contributed by atoms with Gasteiger partial charge in [0.25, 0.3) is 5.91 Å². The van der Waals surface area contributed by atoms with Crippen LogP contribution in [-0.4, -0.2) is 17.4 Å². The monoisotopic (exact) mass is 258 g/mol. The molecule has 90 valence electrons. The number of hydrogen-bond donors (Lipinski definition) is 0. The molecule has 0 fully saturated rings. The van der Waals surface area contributed by atoms with Crippen molar-refractivity contribution in [3.05, 3.63) is 58.9 Å². The maximum absolute atomic E-state index is 12.4. The predicted octanol–water partition coefficient (Wildman–Crippen LogP) is 2.94. The van der Waals surface area contributed by atoms with Crippen LogP contribution in [0.5, 0.6) is 0 Å². The third-order valence-corrected chi connectivity index (χ3v) is 3.34. The summed E-state index contributed by atoms with van der Waals surface area (Å²) in [6, 6.07) is 9.12. The maximum atomic E-state index is 12.4. The molecular weight excluding hydrogens is 248 g/mol. The number of benzene rings is 1. The van der Waals surface area contributed by atoms with Crippen LogP contribution in [0.4, 0.5) is 5.69 Å². The number of hydrogen-bond acceptors (Lipinski definition) is 2. The summed E-state index contributed by atoms with van der Waals surface area (Å²) in [4.78, 5) is 18.1. The van der Waals surface area contributed by atoms with E-state index in [2.05, 4.69) is 4.98 Å². The Balaban J connectivity index is 1.95. The van der Waals surface area contributed by atoms with Gasteiger partial charge in [0.1, 0.15) is 0 Å². The Bertz CT molecular complexity index is 598. The summed E-state index contributed by atoms with van der Waals surface area (Å²) in [5.74, 6) is 0.0125. The van der Waals surface area contributed by atoms with Crippen LogP contribution in [0.3, 0.4) is 0 Å². The van der Waals surface area contributed by atoms with Gasteiger partial charge in [-0.25, -0.2) is 0 Å². The molecule has 1 aliphatic heterocycles. The molecule has 0 atom stereocenters. The van der Waals surface area contributed by atoms with Crippen LogP contribution in [0.2, 0.25) is 5.02 Å². The Hall–Kier alpha value is -1.87. The third-order valence-electron chi connectivity index (χ3n) is 3.11. The number of carbonyl (C=O) groups is 1. The van der Waals surface area contributed by atoms with Crippen LogP contribution in [0.15, 0.2) is 42.7 Å². The number of amides is 1. The highest BCUT2D eigenvalue weighted by Gasteiger charge is 2.25. The van der Waals surface area contributed by atoms with E-state index in [1.54, 1.807) is 29.4 Å². The Morgan fingerprint density at radius 3 is 2.78 bits per heavy atom. The van der Waals surface area contributed by atoms with Crippen molar-refractivity contribution in [1.82, 2.24) is 4.98 Å². The molecule has 0 saturated heterocycles. The molecule has 0 aliphatic carbocycles. The van der Waals surface area contributed by atoms with Crippen molar-refractivity contribution >= 4 is 23.2 Å². The number of fused-ring (bicyclic) bond motifs is 1. The maximum Gasteiger partial charge on any atom is 0.258 e. The van der Waals surface area contributed by atoms with E-state index in [1.807, 2.05) is 18.2 Å². The van der Waals surface area contributed by atoms with E-state index in [4.69, 9.17) is 11.6 Å². The highest BCUT2D eigenvalue weighted by molar-refractivity contribution is 6.30. The number of nitrogens with zero attached hydrogens (tertiary/aromatic N) is 2. The van der Waals surface area contributed by atoms with E-state index in [9.17, 15) is 4.79 Å². The molecule has 2 heterocycles. The van der Waals surface area contributed by atoms with E-state index in [-0.39, 0.29) is 5.91 Å². The molecule has 1 aliphatic rings. The highest BCUT2D eigenvalue weighted by atomic mass is 35.5. The standard InChI is InChI=1S/C14H11ClN2O/c15-12-1-2-13-11(9-12)5-8-17(13)14(18)10-3-6-16-7-4-10/h1-4,6-7,9H,5,8H2. The fourth-order valence-corrected chi connectivity index (χ4v) is 2.43. The van der Waals surface area contributed by atoms with Gasteiger partial charge in [-0.05, 0) is 42.3 Å². The molecule has 0 unspecified atom stereocenters. The fraction of sp³-hybridized carbons (Fsp3) is 0.143. The molecule has 0 N–H and O–H groups in total. The lowest BCUT2D eigenvalue weighted by Gasteiger charge is -2.17. The SMILES string of the molecule is O=C(c1ccncc1)N1CCc2cc(Cl)ccc21. The minimum atomic E-state index is 0.0125. The second-order valence-electron chi connectivity index (χ2n) is 4.22. The van der Waals surface area contributed by atoms with Gasteiger partial charge in [0.05, 0.1) is 0 Å². The molecule has 2 aromatic rings. The van der Waals surface area contributed by atoms with Gasteiger partial charge in [0.2, 0.25) is 0 Å². The normalized spacial score (nSPS) is 13.5. The van der Waals surface area contributed by atoms with Gasteiger partial charge >= 0.3 is 0 Å². The lowest BCUT2D eigenvalue weighted by molar-refractivity contribution is 0.0989. The quantitative estimate of drug-likeness (QED) is 0.788. The zero-order valence-corrected chi connectivity index (χ0v) is 10.4. The van der Waals surface area contributed by atoms with Crippen LogP contribution in [0, 0.1) is 0 Å². The number of anilines is 1. The van der Waals surface area contributed by atoms with E-state index in [1.165, 1.54) is 0 Å². The van der Waals surface area contributed by atoms with Gasteiger partial charge in [0, 0.05) is 35.2 Å². The van der Waals surface area contributed by atoms with E-state index in [0.717, 1.165) is 17.7 Å². The molecule has 0 bridgehead atoms. The largest absolute Gasteiger partial charge is 0.308 e. The van der Waals surface area contributed by atoms with E-state index >= 15 is 0 Å². The Morgan fingerprint density at radius 2 is 2.00 bits per heavy atom. The third kappa shape index (κ3) is 1.87. The van der Waals surface area contributed by atoms with Gasteiger partial charge in [-0.2, -0.15) is 0 Å². The summed E-state index contributed by atoms with van der Waals surface area (Å²) in [7, 11) is 0. The molecule has 1 aromatic carbocycles. The first kappa shape index (κ1) is 11.2. The van der Waals surface area contributed by atoms with Gasteiger partial charge in [-0.15, -0.1) is 0 Å². The van der Waals surface area contributed by atoms with Crippen molar-refractivity contribution in [2.75, 3.05) is 11.4 Å². The topological polar surface area (TPSA) is 33.2 Å². The van der Waals surface area contributed by atoms with Crippen LogP contribution in [0.25, 0.3) is 0 Å². The van der Waals surface area contributed by atoms with Crippen molar-refractivity contribution in [3.8, 4) is 0 Å². The first-order chi connectivity index (χ1) is 8.75. The van der Waals surface area contributed by atoms with Gasteiger partial charge in [-0.1, -0.05) is 11.6 Å². The molecule has 3 rings (SSSR count). The summed E-state index contributed by atoms with van der Waals surface area (Å²) in [5, 5.41) is 0.715. The zero-order valence-electron chi connectivity index (χ0n) is 9.64. The molecular formula is C14H11ClN2O. The van der Waals surface area contributed by atoms with Crippen molar-refractivity contribution in [1.29, 1.82) is 0 Å². The van der Waals surface area contributed by atoms with Crippen LogP contribution in [0.1, 0.15) is 15.9 Å². The number of carbonyl (C=O) groups excluding carboxylic acids is 1. The molecule has 1 amide bonds. The average molecular weight is 259 g/mol. The number of aromatic nitrogens is 1. The molecule has 18 heavy (non-hydrogen) atoms. The smallest absolute Gasteiger partial charge is 0.258 e. The van der Waals surface area contributed by atoms with Gasteiger partial charge in [-0.3, -0.25) is 9.78 Å². The summed E-state index contributed by atoms with van der Waals surface area (Å²) < 4.78 is 0. The number of halogens is 1. The van der Waals surface area contributed by atoms with Crippen LogP contribution in [-0.2, 0) is 6.42 Å². The van der Waals surface area contributed by atoms with Gasteiger partial charge in [0.15, 0.2) is 0 Å². The average Bonchev–Trinajstić information content (AvgIpc) is 2.81. The molecule has 0 saturated carbocycles. The molecule has 3 nitrogen and oxygen atoms in total. The minimum Gasteiger partial charge on any atom is -0.308 e. The lowest BCUT2D eigenvalue weighted by atomic mass is 10.1. The Kier molecular flexibility index (Phi) is 2.76.